The van der Waals surface area contributed by atoms with E-state index in [1.165, 1.54) is 69.8 Å². The Morgan fingerprint density at radius 1 is 1.00 bits per heavy atom. The number of hydrogen-bond acceptors (Lipinski definition) is 4. The quantitative estimate of drug-likeness (QED) is 0.200. The topological polar surface area (TPSA) is 37.0 Å². The lowest BCUT2D eigenvalue weighted by molar-refractivity contribution is 0.0367. The number of benzene rings is 1. The van der Waals surface area contributed by atoms with E-state index < -0.39 is 0 Å². The lowest BCUT2D eigenvalue weighted by atomic mass is 10.1. The third-order valence-corrected chi connectivity index (χ3v) is 7.01. The average molecular weight is 492 g/mol. The van der Waals surface area contributed by atoms with Crippen LogP contribution in [0.3, 0.4) is 0 Å². The molecule has 0 bridgehead atoms. The molecular formula is C28H49N3O2S. The van der Waals surface area contributed by atoms with Crippen molar-refractivity contribution in [3.63, 3.8) is 0 Å². The van der Waals surface area contributed by atoms with Gasteiger partial charge in [-0.05, 0) is 42.8 Å². The molecule has 0 unspecified atom stereocenters. The van der Waals surface area contributed by atoms with Gasteiger partial charge >= 0.3 is 0 Å². The Hall–Kier alpha value is -1.37. The van der Waals surface area contributed by atoms with Crippen LogP contribution in [0, 0.1) is 0 Å². The number of morpholine rings is 1. The van der Waals surface area contributed by atoms with Gasteiger partial charge in [0, 0.05) is 39.3 Å². The summed E-state index contributed by atoms with van der Waals surface area (Å²) in [6.07, 6.45) is 14.7. The highest BCUT2D eigenvalue weighted by molar-refractivity contribution is 7.80. The number of nitrogens with one attached hydrogen (secondary N) is 1. The SMILES string of the molecule is CCCCCCCCCCCCNC(=S)N(CCCN1CCOCC1)Cc1cccc(OC)c1. The summed E-state index contributed by atoms with van der Waals surface area (Å²) in [7, 11) is 1.72. The first-order chi connectivity index (χ1) is 16.7. The van der Waals surface area contributed by atoms with Crippen LogP contribution in [0.1, 0.15) is 83.1 Å². The Kier molecular flexibility index (Phi) is 16.0. The molecule has 0 amide bonds. The van der Waals surface area contributed by atoms with Crippen molar-refractivity contribution >= 4 is 17.3 Å². The van der Waals surface area contributed by atoms with Gasteiger partial charge in [-0.1, -0.05) is 76.8 Å². The van der Waals surface area contributed by atoms with Crippen molar-refractivity contribution in [1.82, 2.24) is 15.1 Å². The minimum absolute atomic E-state index is 0.810. The van der Waals surface area contributed by atoms with Gasteiger partial charge in [0.1, 0.15) is 5.75 Å². The van der Waals surface area contributed by atoms with Gasteiger partial charge in [0.15, 0.2) is 5.11 Å². The molecule has 1 aromatic carbocycles. The number of unbranched alkanes of at least 4 members (excludes halogenated alkanes) is 9. The second-order valence-corrected chi connectivity index (χ2v) is 9.88. The standard InChI is InChI=1S/C28H49N3O2S/c1-3-4-5-6-7-8-9-10-11-12-17-29-28(34)31(19-14-18-30-20-22-33-23-21-30)25-26-15-13-16-27(24-26)32-2/h13,15-16,24H,3-12,14,17-23,25H2,1-2H3,(H,29,34). The fraction of sp³-hybridized carbons (Fsp3) is 0.750. The van der Waals surface area contributed by atoms with E-state index in [1.54, 1.807) is 7.11 Å². The van der Waals surface area contributed by atoms with Gasteiger partial charge in [-0.25, -0.2) is 0 Å². The van der Waals surface area contributed by atoms with Crippen LogP contribution in [0.25, 0.3) is 0 Å². The third kappa shape index (κ3) is 12.9. The Balaban J connectivity index is 1.69. The number of methoxy groups -OCH3 is 1. The molecular weight excluding hydrogens is 442 g/mol. The Bertz CT molecular complexity index is 652. The molecule has 194 valence electrons. The molecule has 2 rings (SSSR count). The maximum absolute atomic E-state index is 5.83. The van der Waals surface area contributed by atoms with E-state index >= 15 is 0 Å². The predicted octanol–water partition coefficient (Wildman–Crippen LogP) is 6.01. The summed E-state index contributed by atoms with van der Waals surface area (Å²) in [4.78, 5) is 4.81. The smallest absolute Gasteiger partial charge is 0.169 e. The fourth-order valence-electron chi connectivity index (χ4n) is 4.47. The molecule has 0 saturated carbocycles. The van der Waals surface area contributed by atoms with E-state index in [4.69, 9.17) is 21.7 Å². The molecule has 0 aliphatic carbocycles. The molecule has 0 aromatic heterocycles. The predicted molar refractivity (Wildman–Crippen MR) is 148 cm³/mol. The first-order valence-corrected chi connectivity index (χ1v) is 14.1. The summed E-state index contributed by atoms with van der Waals surface area (Å²) in [6.45, 7) is 9.89. The van der Waals surface area contributed by atoms with Gasteiger partial charge in [-0.15, -0.1) is 0 Å². The molecule has 1 aliphatic rings. The van der Waals surface area contributed by atoms with Crippen LogP contribution >= 0.6 is 12.2 Å². The van der Waals surface area contributed by atoms with Crippen molar-refractivity contribution in [3.05, 3.63) is 29.8 Å². The molecule has 6 heteroatoms. The zero-order valence-corrected chi connectivity index (χ0v) is 22.7. The summed E-state index contributed by atoms with van der Waals surface area (Å²) in [5, 5.41) is 4.41. The summed E-state index contributed by atoms with van der Waals surface area (Å²) in [6, 6.07) is 8.32. The molecule has 0 radical (unpaired) electrons. The molecule has 0 spiro atoms. The molecule has 1 heterocycles. The maximum atomic E-state index is 5.83. The molecule has 1 fully saturated rings. The van der Waals surface area contributed by atoms with Crippen LogP contribution in [0.2, 0.25) is 0 Å². The zero-order valence-electron chi connectivity index (χ0n) is 21.9. The lowest BCUT2D eigenvalue weighted by Gasteiger charge is -2.29. The number of nitrogens with zero attached hydrogens (tertiary/aromatic N) is 2. The molecule has 0 atom stereocenters. The van der Waals surface area contributed by atoms with Crippen LogP contribution < -0.4 is 10.1 Å². The second-order valence-electron chi connectivity index (χ2n) is 9.49. The Morgan fingerprint density at radius 3 is 2.35 bits per heavy atom. The van der Waals surface area contributed by atoms with Crippen LogP contribution in [0.5, 0.6) is 5.75 Å². The highest BCUT2D eigenvalue weighted by Crippen LogP contribution is 2.15. The number of thiocarbonyl (C=S) groups is 1. The van der Waals surface area contributed by atoms with E-state index in [9.17, 15) is 0 Å². The molecule has 1 saturated heterocycles. The van der Waals surface area contributed by atoms with Gasteiger partial charge < -0.3 is 19.7 Å². The summed E-state index contributed by atoms with van der Waals surface area (Å²) in [5.74, 6) is 0.898. The van der Waals surface area contributed by atoms with Gasteiger partial charge in [-0.2, -0.15) is 0 Å². The van der Waals surface area contributed by atoms with E-state index in [1.807, 2.05) is 6.07 Å². The van der Waals surface area contributed by atoms with Crippen LogP contribution in [-0.4, -0.2) is 68.0 Å². The molecule has 5 nitrogen and oxygen atoms in total. The maximum Gasteiger partial charge on any atom is 0.169 e. The molecule has 1 N–H and O–H groups in total. The van der Waals surface area contributed by atoms with Crippen molar-refractivity contribution in [2.75, 3.05) is 53.0 Å². The fourth-order valence-corrected chi connectivity index (χ4v) is 4.73. The first kappa shape index (κ1) is 28.9. The molecule has 1 aliphatic heterocycles. The average Bonchev–Trinajstić information content (AvgIpc) is 2.87. The lowest BCUT2D eigenvalue weighted by Crippen LogP contribution is -2.42. The van der Waals surface area contributed by atoms with Crippen LogP contribution in [0.15, 0.2) is 24.3 Å². The van der Waals surface area contributed by atoms with Gasteiger partial charge in [0.25, 0.3) is 0 Å². The largest absolute Gasteiger partial charge is 0.497 e. The van der Waals surface area contributed by atoms with Crippen molar-refractivity contribution in [1.29, 1.82) is 0 Å². The summed E-state index contributed by atoms with van der Waals surface area (Å²) in [5.41, 5.74) is 1.23. The van der Waals surface area contributed by atoms with Gasteiger partial charge in [0.2, 0.25) is 0 Å². The van der Waals surface area contributed by atoms with Crippen molar-refractivity contribution in [2.24, 2.45) is 0 Å². The molecule has 1 aromatic rings. The first-order valence-electron chi connectivity index (χ1n) is 13.7. The normalized spacial score (nSPS) is 14.2. The highest BCUT2D eigenvalue weighted by Gasteiger charge is 2.14. The van der Waals surface area contributed by atoms with Crippen LogP contribution in [0.4, 0.5) is 0 Å². The summed E-state index contributed by atoms with van der Waals surface area (Å²) < 4.78 is 10.9. The monoisotopic (exact) mass is 491 g/mol. The number of hydrogen-bond donors (Lipinski definition) is 1. The van der Waals surface area contributed by atoms with Crippen molar-refractivity contribution in [2.45, 2.75) is 84.1 Å². The Morgan fingerprint density at radius 2 is 1.68 bits per heavy atom. The van der Waals surface area contributed by atoms with Crippen molar-refractivity contribution in [3.8, 4) is 5.75 Å². The third-order valence-electron chi connectivity index (χ3n) is 6.61. The zero-order chi connectivity index (χ0) is 24.3. The van der Waals surface area contributed by atoms with E-state index in [0.29, 0.717) is 0 Å². The van der Waals surface area contributed by atoms with E-state index in [-0.39, 0.29) is 0 Å². The minimum atomic E-state index is 0.810. The minimum Gasteiger partial charge on any atom is -0.497 e. The van der Waals surface area contributed by atoms with Gasteiger partial charge in [0.05, 0.1) is 20.3 Å². The summed E-state index contributed by atoms with van der Waals surface area (Å²) >= 11 is 5.83. The number of rotatable bonds is 18. The molecule has 34 heavy (non-hydrogen) atoms. The highest BCUT2D eigenvalue weighted by atomic mass is 32.1. The van der Waals surface area contributed by atoms with E-state index in [0.717, 1.165) is 69.8 Å². The second kappa shape index (κ2) is 18.9. The van der Waals surface area contributed by atoms with Gasteiger partial charge in [-0.3, -0.25) is 4.90 Å². The Labute approximate surface area is 214 Å². The number of ether oxygens (including phenoxy) is 2. The van der Waals surface area contributed by atoms with Crippen LogP contribution in [-0.2, 0) is 11.3 Å². The van der Waals surface area contributed by atoms with Crippen molar-refractivity contribution < 1.29 is 9.47 Å². The van der Waals surface area contributed by atoms with E-state index in [2.05, 4.69) is 40.2 Å².